The molecular weight excluding hydrogens is 735 g/mol. The molecule has 7 aromatic rings. The van der Waals surface area contributed by atoms with Crippen molar-refractivity contribution in [1.29, 1.82) is 0 Å². The zero-order valence-electron chi connectivity index (χ0n) is 35.8. The molecule has 2 fully saturated rings. The number of nitrogens with zero attached hydrogens (tertiary/aromatic N) is 2. The maximum absolute atomic E-state index is 2.86. The highest BCUT2D eigenvalue weighted by Crippen LogP contribution is 2.69. The Morgan fingerprint density at radius 1 is 0.508 bits per heavy atom. The van der Waals surface area contributed by atoms with Crippen molar-refractivity contribution >= 4 is 51.5 Å². The third kappa shape index (κ3) is 4.45. The fourth-order valence-corrected chi connectivity index (χ4v) is 14.8. The molecule has 6 aliphatic rings. The molecule has 3 heteroatoms. The van der Waals surface area contributed by atoms with Gasteiger partial charge in [0, 0.05) is 39.8 Å². The molecule has 5 atom stereocenters. The van der Waals surface area contributed by atoms with Crippen LogP contribution in [-0.2, 0) is 10.8 Å². The van der Waals surface area contributed by atoms with Crippen LogP contribution >= 0.6 is 0 Å². The Morgan fingerprint density at radius 2 is 1.16 bits per heavy atom. The summed E-state index contributed by atoms with van der Waals surface area (Å²) in [4.78, 5) is 5.49. The van der Waals surface area contributed by atoms with E-state index in [1.165, 1.54) is 106 Å². The van der Waals surface area contributed by atoms with E-state index >= 15 is 0 Å². The van der Waals surface area contributed by atoms with E-state index in [-0.39, 0.29) is 28.5 Å². The normalized spacial score (nSPS) is 27.4. The maximum atomic E-state index is 2.86. The summed E-state index contributed by atoms with van der Waals surface area (Å²) in [7, 11) is 0. The van der Waals surface area contributed by atoms with Crippen LogP contribution in [0.3, 0.4) is 0 Å². The summed E-state index contributed by atoms with van der Waals surface area (Å²) in [6, 6.07) is 63.5. The summed E-state index contributed by atoms with van der Waals surface area (Å²) >= 11 is 0. The van der Waals surface area contributed by atoms with Crippen molar-refractivity contribution in [3.8, 4) is 11.1 Å². The first-order chi connectivity index (χ1) is 29.9. The molecule has 0 radical (unpaired) electrons. The monoisotopic (exact) mass is 788 g/mol. The number of para-hydroxylation sites is 3. The third-order valence-corrected chi connectivity index (χ3v) is 17.6. The number of hydrogen-bond acceptors (Lipinski definition) is 2. The molecule has 3 aliphatic heterocycles. The summed E-state index contributed by atoms with van der Waals surface area (Å²) in [5.74, 6) is 0.302. The molecule has 0 saturated heterocycles. The summed E-state index contributed by atoms with van der Waals surface area (Å²) in [6.45, 7) is 8.11. The molecule has 7 aromatic carbocycles. The Balaban J connectivity index is 1.15. The van der Waals surface area contributed by atoms with Crippen LogP contribution in [-0.4, -0.2) is 12.3 Å². The lowest BCUT2D eigenvalue weighted by molar-refractivity contribution is 0.0926. The molecule has 0 aromatic heterocycles. The van der Waals surface area contributed by atoms with Gasteiger partial charge in [0.1, 0.15) is 0 Å². The fraction of sp³-hybridized carbons (Fsp3) is 0.276. The molecule has 13 rings (SSSR count). The SMILES string of the molecule is CC12CCCCC1(C)C1c3cc(N4c5ccccc5C5(c6ccccc6)CCCCC45C)cc4c3B(c3ccccc3N4c3ccccc3)c3cc(-c4ccccc4)cc2c31. The van der Waals surface area contributed by atoms with Gasteiger partial charge in [0.25, 0.3) is 0 Å². The van der Waals surface area contributed by atoms with E-state index in [2.05, 4.69) is 194 Å². The molecule has 298 valence electrons. The molecule has 0 bridgehead atoms. The smallest absolute Gasteiger partial charge is 0.247 e. The minimum Gasteiger partial charge on any atom is -0.334 e. The van der Waals surface area contributed by atoms with Crippen LogP contribution in [0.2, 0.25) is 0 Å². The Hall–Kier alpha value is -5.80. The molecule has 0 spiro atoms. The van der Waals surface area contributed by atoms with Crippen LogP contribution in [0.25, 0.3) is 11.1 Å². The summed E-state index contributed by atoms with van der Waals surface area (Å²) < 4.78 is 0. The number of rotatable bonds is 4. The Morgan fingerprint density at radius 3 is 1.97 bits per heavy atom. The van der Waals surface area contributed by atoms with Crippen molar-refractivity contribution < 1.29 is 0 Å². The van der Waals surface area contributed by atoms with E-state index in [9.17, 15) is 0 Å². The van der Waals surface area contributed by atoms with Crippen molar-refractivity contribution in [2.75, 3.05) is 9.80 Å². The van der Waals surface area contributed by atoms with E-state index in [4.69, 9.17) is 0 Å². The van der Waals surface area contributed by atoms with Crippen LogP contribution in [0.1, 0.15) is 106 Å². The lowest BCUT2D eigenvalue weighted by Crippen LogP contribution is -2.62. The number of benzene rings is 7. The van der Waals surface area contributed by atoms with Gasteiger partial charge < -0.3 is 9.80 Å². The molecule has 61 heavy (non-hydrogen) atoms. The Labute approximate surface area is 362 Å². The van der Waals surface area contributed by atoms with Gasteiger partial charge in [0.15, 0.2) is 0 Å². The van der Waals surface area contributed by atoms with Crippen molar-refractivity contribution in [3.63, 3.8) is 0 Å². The van der Waals surface area contributed by atoms with E-state index < -0.39 is 0 Å². The largest absolute Gasteiger partial charge is 0.334 e. The Bertz CT molecular complexity index is 2910. The molecule has 5 unspecified atom stereocenters. The number of hydrogen-bond donors (Lipinski definition) is 0. The molecule has 0 amide bonds. The highest BCUT2D eigenvalue weighted by molar-refractivity contribution is 6.99. The van der Waals surface area contributed by atoms with E-state index in [0.717, 1.165) is 12.8 Å². The highest BCUT2D eigenvalue weighted by atomic mass is 15.3. The van der Waals surface area contributed by atoms with Crippen LogP contribution in [0.4, 0.5) is 28.4 Å². The first kappa shape index (κ1) is 35.9. The van der Waals surface area contributed by atoms with Gasteiger partial charge in [-0.15, -0.1) is 0 Å². The van der Waals surface area contributed by atoms with Crippen molar-refractivity contribution in [2.45, 2.75) is 94.4 Å². The average molecular weight is 789 g/mol. The van der Waals surface area contributed by atoms with Crippen molar-refractivity contribution in [1.82, 2.24) is 0 Å². The predicted octanol–water partition coefficient (Wildman–Crippen LogP) is 12.7. The summed E-state index contributed by atoms with van der Waals surface area (Å²) in [5.41, 5.74) is 21.4. The number of anilines is 5. The lowest BCUT2D eigenvalue weighted by atomic mass is 9.30. The first-order valence-corrected chi connectivity index (χ1v) is 23.2. The molecule has 3 heterocycles. The van der Waals surface area contributed by atoms with Crippen LogP contribution in [0.15, 0.2) is 164 Å². The van der Waals surface area contributed by atoms with Gasteiger partial charge in [0.05, 0.1) is 5.54 Å². The van der Waals surface area contributed by atoms with Gasteiger partial charge >= 0.3 is 0 Å². The Kier molecular flexibility index (Phi) is 7.44. The highest BCUT2D eigenvalue weighted by Gasteiger charge is 2.64. The van der Waals surface area contributed by atoms with E-state index in [0.29, 0.717) is 5.92 Å². The molecular formula is C58H53BN2. The van der Waals surface area contributed by atoms with Gasteiger partial charge in [0.2, 0.25) is 6.71 Å². The number of fused-ring (bicyclic) bond motifs is 10. The molecule has 2 saturated carbocycles. The second-order valence-corrected chi connectivity index (χ2v) is 20.0. The first-order valence-electron chi connectivity index (χ1n) is 23.2. The average Bonchev–Trinajstić information content (AvgIpc) is 3.68. The standard InChI is InChI=1S/C58H53BN2/c1-55-31-17-18-32-56(55,2)53-44-37-43(61-49-29-15-13-27-45(49)58(41-23-9-5-10-24-41)34-20-19-33-57(58,61)3)38-51-54(44)59(47-28-14-16-30-50(47)60(51)42-25-11-6-12-26-42)48-36-40(35-46(55)52(48)53)39-21-7-4-8-22-39/h4-16,21-30,35-38,53H,17-20,31-34H2,1-3H3. The lowest BCUT2D eigenvalue weighted by Gasteiger charge is -2.53. The van der Waals surface area contributed by atoms with Gasteiger partial charge in [-0.3, -0.25) is 0 Å². The zero-order valence-corrected chi connectivity index (χ0v) is 35.8. The van der Waals surface area contributed by atoms with Gasteiger partial charge in [-0.1, -0.05) is 172 Å². The van der Waals surface area contributed by atoms with Crippen molar-refractivity contribution in [3.05, 3.63) is 192 Å². The van der Waals surface area contributed by atoms with E-state index in [1.54, 1.807) is 16.7 Å². The topological polar surface area (TPSA) is 6.48 Å². The van der Waals surface area contributed by atoms with Gasteiger partial charge in [-0.05, 0) is 130 Å². The predicted molar refractivity (Wildman–Crippen MR) is 256 cm³/mol. The van der Waals surface area contributed by atoms with Crippen LogP contribution in [0.5, 0.6) is 0 Å². The second-order valence-electron chi connectivity index (χ2n) is 20.0. The summed E-state index contributed by atoms with van der Waals surface area (Å²) in [5, 5.41) is 0. The molecule has 2 nitrogen and oxygen atoms in total. The fourth-order valence-electron chi connectivity index (χ4n) is 14.8. The van der Waals surface area contributed by atoms with Gasteiger partial charge in [-0.25, -0.2) is 0 Å². The van der Waals surface area contributed by atoms with Gasteiger partial charge in [-0.2, -0.15) is 0 Å². The molecule has 3 aliphatic carbocycles. The van der Waals surface area contributed by atoms with Crippen LogP contribution < -0.4 is 26.2 Å². The second kappa shape index (κ2) is 12.6. The quantitative estimate of drug-likeness (QED) is 0.164. The minimum absolute atomic E-state index is 0.0673. The minimum atomic E-state index is -0.151. The third-order valence-electron chi connectivity index (χ3n) is 17.6. The van der Waals surface area contributed by atoms with Crippen molar-refractivity contribution in [2.24, 2.45) is 5.41 Å². The van der Waals surface area contributed by atoms with E-state index in [1.807, 2.05) is 0 Å². The zero-order chi connectivity index (χ0) is 40.7. The molecule has 0 N–H and O–H groups in total. The summed E-state index contributed by atoms with van der Waals surface area (Å²) in [6.07, 6.45) is 9.84. The maximum Gasteiger partial charge on any atom is 0.247 e. The van der Waals surface area contributed by atoms with Crippen LogP contribution in [0, 0.1) is 5.41 Å².